The smallest absolute Gasteiger partial charge is 0.164 e. The van der Waals surface area contributed by atoms with Crippen molar-refractivity contribution in [3.8, 4) is 131 Å². The summed E-state index contributed by atoms with van der Waals surface area (Å²) in [7, 11) is 0. The van der Waals surface area contributed by atoms with Gasteiger partial charge < -0.3 is 18.0 Å². The maximum Gasteiger partial charge on any atom is 0.164 e. The second-order valence-electron chi connectivity index (χ2n) is 26.3. The molecule has 0 radical (unpaired) electrons. The van der Waals surface area contributed by atoms with Gasteiger partial charge in [0.05, 0.1) is 57.0 Å². The molecule has 0 aliphatic rings. The molecule has 0 saturated heterocycles. The number of aromatic nitrogens is 8. The first-order valence-corrected chi connectivity index (χ1v) is 34.6. The topological polar surface area (TPSA) is 185 Å². The number of nitrogens with zero attached hydrogens (tertiary/aromatic N) is 11. The minimum atomic E-state index is 0.421. The van der Waals surface area contributed by atoms with E-state index in [2.05, 4.69) is 161 Å². The van der Waals surface area contributed by atoms with Crippen molar-refractivity contribution in [3.63, 3.8) is 0 Å². The van der Waals surface area contributed by atoms with E-state index in [1.165, 1.54) is 0 Å². The summed E-state index contributed by atoms with van der Waals surface area (Å²) in [4.78, 5) is 31.0. The van der Waals surface area contributed by atoms with Gasteiger partial charge in [0.15, 0.2) is 34.9 Å². The maximum absolute atomic E-state index is 9.93. The van der Waals surface area contributed by atoms with Gasteiger partial charge in [-0.15, -0.1) is 0 Å². The molecule has 20 aromatic rings. The van der Waals surface area contributed by atoms with Crippen LogP contribution in [-0.2, 0) is 0 Å². The van der Waals surface area contributed by atoms with E-state index >= 15 is 0 Å². The SMILES string of the molecule is N#Cc1ccc(-n2c3ccc(-c4ccc(-c5nc(-c6ccccc6)nc(-c6cccc7oc8ccc(-c9ccc%10c(c9)c9ccccc9n%10-c9cc(C#N)cc(C#N)c9)cc8c67)n5)cc4)cc3c3cc(-c4ccc5oc6cccc(-c7nc(-c8ccccc8)nc(-c8ccccc8)n7)c6c5c4)ccc32)cc1. The van der Waals surface area contributed by atoms with Crippen LogP contribution in [0.2, 0.25) is 0 Å². The third-order valence-corrected chi connectivity index (χ3v) is 20.1. The summed E-state index contributed by atoms with van der Waals surface area (Å²) >= 11 is 0. The molecule has 0 spiro atoms. The zero-order valence-electron chi connectivity index (χ0n) is 56.2. The van der Waals surface area contributed by atoms with Crippen LogP contribution in [0.4, 0.5) is 0 Å². The van der Waals surface area contributed by atoms with Gasteiger partial charge in [-0.3, -0.25) is 0 Å². The fourth-order valence-corrected chi connectivity index (χ4v) is 15.1. The van der Waals surface area contributed by atoms with Crippen LogP contribution >= 0.6 is 0 Å². The molecule has 0 saturated carbocycles. The fourth-order valence-electron chi connectivity index (χ4n) is 15.1. The Morgan fingerprint density at radius 3 is 1.03 bits per heavy atom. The second-order valence-corrected chi connectivity index (χ2v) is 26.3. The zero-order valence-corrected chi connectivity index (χ0v) is 56.2. The highest BCUT2D eigenvalue weighted by Gasteiger charge is 2.24. The molecule has 13 nitrogen and oxygen atoms in total. The number of rotatable bonds is 11. The van der Waals surface area contributed by atoms with Crippen LogP contribution in [0.5, 0.6) is 0 Å². The highest BCUT2D eigenvalue weighted by Crippen LogP contribution is 2.44. The molecule has 0 aliphatic heterocycles. The van der Waals surface area contributed by atoms with Crippen LogP contribution in [-0.4, -0.2) is 39.0 Å². The molecule has 6 heterocycles. The Morgan fingerprint density at radius 1 is 0.226 bits per heavy atom. The highest BCUT2D eigenvalue weighted by molar-refractivity contribution is 6.16. The van der Waals surface area contributed by atoms with Crippen molar-refractivity contribution < 1.29 is 8.83 Å². The van der Waals surface area contributed by atoms with E-state index in [0.29, 0.717) is 57.2 Å². The van der Waals surface area contributed by atoms with Gasteiger partial charge in [-0.1, -0.05) is 188 Å². The Balaban J connectivity index is 0.675. The van der Waals surface area contributed by atoms with Crippen LogP contribution in [0.3, 0.4) is 0 Å². The molecular formula is C93H51N11O2. The van der Waals surface area contributed by atoms with Gasteiger partial charge in [-0.25, -0.2) is 29.9 Å². The Hall–Kier alpha value is -15.2. The standard InChI is InChI=1S/C93H51N11O2/c94-52-55-26-37-68(38-27-55)103-80-39-32-63(47-74(80)75-49-65(34-41-81(75)103)67-36-43-83-77(51-67)86-71(21-12-24-84(86)106-83)92-99-88(59-14-4-1-5-15-59)97-89(100-92)60-16-6-2-7-17-60)58-28-30-62(31-29-58)91-98-90(61-18-8-3-9-19-61)101-93(102-91)72-22-13-25-85-87(72)76-50-66(35-42-82(76)105-85)64-33-40-79-73(48-64)70-20-10-11-23-78(70)104(79)69-45-56(53-95)44-57(46-69)54-96/h1-51H. The van der Waals surface area contributed by atoms with E-state index in [1.54, 1.807) is 6.07 Å². The van der Waals surface area contributed by atoms with Crippen LogP contribution in [0.15, 0.2) is 318 Å². The Kier molecular flexibility index (Phi) is 14.1. The van der Waals surface area contributed by atoms with Crippen LogP contribution in [0.25, 0.3) is 201 Å². The summed E-state index contributed by atoms with van der Waals surface area (Å²) in [5.74, 6) is 3.26. The summed E-state index contributed by atoms with van der Waals surface area (Å²) in [6.45, 7) is 0. The first-order valence-electron chi connectivity index (χ1n) is 34.6. The first kappa shape index (κ1) is 60.7. The van der Waals surface area contributed by atoms with Crippen molar-refractivity contribution in [1.82, 2.24) is 39.0 Å². The second kappa shape index (κ2) is 24.5. The molecule has 0 bridgehead atoms. The molecule has 490 valence electrons. The number of fused-ring (bicyclic) bond motifs is 12. The van der Waals surface area contributed by atoms with Gasteiger partial charge in [-0.2, -0.15) is 15.8 Å². The van der Waals surface area contributed by atoms with Crippen LogP contribution in [0.1, 0.15) is 16.7 Å². The largest absolute Gasteiger partial charge is 0.456 e. The lowest BCUT2D eigenvalue weighted by atomic mass is 9.98. The quantitative estimate of drug-likeness (QED) is 0.120. The normalized spacial score (nSPS) is 11.6. The molecule has 14 aromatic carbocycles. The van der Waals surface area contributed by atoms with E-state index < -0.39 is 0 Å². The van der Waals surface area contributed by atoms with Gasteiger partial charge in [0, 0.05) is 87.8 Å². The number of furan rings is 2. The number of hydrogen-bond acceptors (Lipinski definition) is 11. The lowest BCUT2D eigenvalue weighted by molar-refractivity contribution is 0.668. The molecular weight excluding hydrogens is 1300 g/mol. The lowest BCUT2D eigenvalue weighted by Gasteiger charge is -2.10. The van der Waals surface area contributed by atoms with Crippen LogP contribution in [0, 0.1) is 34.0 Å². The lowest BCUT2D eigenvalue weighted by Crippen LogP contribution is -2.00. The number of hydrogen-bond donors (Lipinski definition) is 0. The van der Waals surface area contributed by atoms with Crippen molar-refractivity contribution in [1.29, 1.82) is 15.8 Å². The summed E-state index contributed by atoms with van der Waals surface area (Å²) in [5.41, 5.74) is 21.1. The van der Waals surface area contributed by atoms with E-state index in [9.17, 15) is 15.8 Å². The molecule has 0 aliphatic carbocycles. The van der Waals surface area contributed by atoms with Crippen LogP contribution < -0.4 is 0 Å². The Labute approximate surface area is 605 Å². The third-order valence-electron chi connectivity index (χ3n) is 20.1. The van der Waals surface area contributed by atoms with E-state index in [-0.39, 0.29) is 0 Å². The Morgan fingerprint density at radius 2 is 0.575 bits per heavy atom. The number of para-hydroxylation sites is 1. The minimum absolute atomic E-state index is 0.421. The molecule has 0 atom stereocenters. The molecule has 20 rings (SSSR count). The van der Waals surface area contributed by atoms with Gasteiger partial charge in [-0.05, 0) is 155 Å². The molecule has 6 aromatic heterocycles. The summed E-state index contributed by atoms with van der Waals surface area (Å²) in [6, 6.07) is 111. The van der Waals surface area contributed by atoms with E-state index in [4.69, 9.17) is 38.7 Å². The maximum atomic E-state index is 9.93. The van der Waals surface area contributed by atoms with E-state index in [1.807, 2.05) is 170 Å². The summed E-state index contributed by atoms with van der Waals surface area (Å²) < 4.78 is 17.7. The molecule has 106 heavy (non-hydrogen) atoms. The van der Waals surface area contributed by atoms with Crippen molar-refractivity contribution in [2.45, 2.75) is 0 Å². The average Bonchev–Trinajstić information content (AvgIpc) is 1.59. The first-order chi connectivity index (χ1) is 52.3. The van der Waals surface area contributed by atoms with Gasteiger partial charge >= 0.3 is 0 Å². The van der Waals surface area contributed by atoms with Crippen molar-refractivity contribution in [2.75, 3.05) is 0 Å². The molecule has 0 N–H and O–H groups in total. The van der Waals surface area contributed by atoms with Crippen molar-refractivity contribution in [3.05, 3.63) is 326 Å². The van der Waals surface area contributed by atoms with Gasteiger partial charge in [0.25, 0.3) is 0 Å². The molecule has 0 unspecified atom stereocenters. The molecule has 0 fully saturated rings. The third kappa shape index (κ3) is 10.2. The highest BCUT2D eigenvalue weighted by atomic mass is 16.3. The Bertz CT molecular complexity index is 7070. The van der Waals surface area contributed by atoms with Gasteiger partial charge in [0.2, 0.25) is 0 Å². The minimum Gasteiger partial charge on any atom is -0.456 e. The zero-order chi connectivity index (χ0) is 70.5. The summed E-state index contributed by atoms with van der Waals surface area (Å²) in [6.07, 6.45) is 0. The number of benzene rings is 14. The van der Waals surface area contributed by atoms with Crippen molar-refractivity contribution >= 4 is 87.5 Å². The van der Waals surface area contributed by atoms with Crippen molar-refractivity contribution in [2.24, 2.45) is 0 Å². The van der Waals surface area contributed by atoms with E-state index in [0.717, 1.165) is 160 Å². The van der Waals surface area contributed by atoms with Gasteiger partial charge in [0.1, 0.15) is 22.3 Å². The number of nitriles is 3. The average molecular weight is 1350 g/mol. The predicted octanol–water partition coefficient (Wildman–Crippen LogP) is 22.7. The predicted molar refractivity (Wildman–Crippen MR) is 420 cm³/mol. The fraction of sp³-hybridized carbons (Fsp3) is 0. The monoisotopic (exact) mass is 1350 g/mol. The molecule has 13 heteroatoms. The summed E-state index contributed by atoms with van der Waals surface area (Å²) in [5, 5.41) is 37.5. The molecule has 0 amide bonds.